The molecule has 3 N–H and O–H groups in total. The Morgan fingerprint density at radius 2 is 2.16 bits per heavy atom. The number of rotatable bonds is 7. The van der Waals surface area contributed by atoms with Crippen LogP contribution in [0.5, 0.6) is 0 Å². The maximum absolute atomic E-state index is 10.6. The van der Waals surface area contributed by atoms with E-state index in [1.54, 1.807) is 0 Å². The van der Waals surface area contributed by atoms with Gasteiger partial charge in [-0.1, -0.05) is 22.0 Å². The molecule has 0 aliphatic rings. The lowest BCUT2D eigenvalue weighted by molar-refractivity contribution is -0.138. The molecule has 0 radical (unpaired) electrons. The van der Waals surface area contributed by atoms with Crippen molar-refractivity contribution in [3.8, 4) is 0 Å². The van der Waals surface area contributed by atoms with Crippen LogP contribution < -0.4 is 5.73 Å². The average Bonchev–Trinajstić information content (AvgIpc) is 2.36. The van der Waals surface area contributed by atoms with Gasteiger partial charge in [-0.3, -0.25) is 4.79 Å². The Labute approximate surface area is 122 Å². The molecule has 0 aliphatic carbocycles. The highest BCUT2D eigenvalue weighted by Gasteiger charge is 2.12. The van der Waals surface area contributed by atoms with Crippen molar-refractivity contribution < 1.29 is 9.90 Å². The Morgan fingerprint density at radius 1 is 1.47 bits per heavy atom. The van der Waals surface area contributed by atoms with Crippen molar-refractivity contribution in [2.24, 2.45) is 5.73 Å². The predicted octanol–water partition coefficient (Wildman–Crippen LogP) is 2.03. The van der Waals surface area contributed by atoms with Gasteiger partial charge in [0.05, 0.1) is 0 Å². The number of halogens is 1. The fourth-order valence-corrected chi connectivity index (χ4v) is 2.22. The van der Waals surface area contributed by atoms with Crippen LogP contribution in [0.4, 0.5) is 0 Å². The summed E-state index contributed by atoms with van der Waals surface area (Å²) in [6, 6.07) is 5.50. The lowest BCUT2D eigenvalue weighted by atomic mass is 10.1. The molecule has 19 heavy (non-hydrogen) atoms. The van der Waals surface area contributed by atoms with Gasteiger partial charge in [0, 0.05) is 11.0 Å². The first-order valence-corrected chi connectivity index (χ1v) is 7.11. The number of carboxylic acids is 1. The van der Waals surface area contributed by atoms with E-state index in [0.717, 1.165) is 17.4 Å². The number of hydrogen-bond donors (Lipinski definition) is 2. The average molecular weight is 329 g/mol. The van der Waals surface area contributed by atoms with Crippen LogP contribution in [0, 0.1) is 6.92 Å². The highest BCUT2D eigenvalue weighted by atomic mass is 79.9. The number of likely N-dealkylation sites (N-methyl/N-ethyl adjacent to an activating group) is 1. The second-order valence-corrected chi connectivity index (χ2v) is 5.77. The summed E-state index contributed by atoms with van der Waals surface area (Å²) in [5.41, 5.74) is 8.07. The van der Waals surface area contributed by atoms with Gasteiger partial charge in [0.15, 0.2) is 0 Å². The molecule has 1 aromatic carbocycles. The van der Waals surface area contributed by atoms with Crippen LogP contribution in [0.25, 0.3) is 0 Å². The van der Waals surface area contributed by atoms with Gasteiger partial charge in [0.1, 0.15) is 6.04 Å². The normalized spacial score (nSPS) is 12.7. The van der Waals surface area contributed by atoms with E-state index < -0.39 is 12.0 Å². The first-order chi connectivity index (χ1) is 8.90. The third-order valence-corrected chi connectivity index (χ3v) is 3.71. The molecule has 1 atom stereocenters. The van der Waals surface area contributed by atoms with Gasteiger partial charge in [-0.2, -0.15) is 0 Å². The number of hydrogen-bond acceptors (Lipinski definition) is 3. The summed E-state index contributed by atoms with van der Waals surface area (Å²) < 4.78 is 1.09. The van der Waals surface area contributed by atoms with Crippen molar-refractivity contribution in [1.82, 2.24) is 4.90 Å². The van der Waals surface area contributed by atoms with Gasteiger partial charge in [-0.05, 0) is 56.6 Å². The number of carboxylic acid groups (broad SMARTS) is 1. The zero-order valence-corrected chi connectivity index (χ0v) is 13.0. The van der Waals surface area contributed by atoms with E-state index >= 15 is 0 Å². The molecule has 0 saturated carbocycles. The standard InChI is InChI=1S/C14H21BrN2O2/c1-10-3-4-12(15)9-11(10)5-7-17(2)8-6-13(16)14(18)19/h3-4,9,13H,5-8,16H2,1-2H3,(H,18,19). The summed E-state index contributed by atoms with van der Waals surface area (Å²) in [6.07, 6.45) is 1.42. The van der Waals surface area contributed by atoms with E-state index in [2.05, 4.69) is 39.9 Å². The highest BCUT2D eigenvalue weighted by Crippen LogP contribution is 2.16. The number of aliphatic carboxylic acids is 1. The summed E-state index contributed by atoms with van der Waals surface area (Å²) >= 11 is 3.47. The molecule has 0 amide bonds. The third kappa shape index (κ3) is 5.72. The molecule has 1 unspecified atom stereocenters. The molecule has 0 aromatic heterocycles. The van der Waals surface area contributed by atoms with Gasteiger partial charge in [0.2, 0.25) is 0 Å². The minimum absolute atomic E-state index is 0.475. The molecule has 106 valence electrons. The minimum Gasteiger partial charge on any atom is -0.480 e. The second-order valence-electron chi connectivity index (χ2n) is 4.86. The number of aryl methyl sites for hydroxylation is 1. The van der Waals surface area contributed by atoms with Gasteiger partial charge < -0.3 is 15.7 Å². The zero-order chi connectivity index (χ0) is 14.4. The van der Waals surface area contributed by atoms with Crippen molar-refractivity contribution in [2.75, 3.05) is 20.1 Å². The van der Waals surface area contributed by atoms with Crippen LogP contribution in [0.3, 0.4) is 0 Å². The molecule has 5 heteroatoms. The Hall–Kier alpha value is -0.910. The van der Waals surface area contributed by atoms with E-state index in [4.69, 9.17) is 10.8 Å². The van der Waals surface area contributed by atoms with Crippen LogP contribution in [0.2, 0.25) is 0 Å². The first kappa shape index (κ1) is 16.1. The summed E-state index contributed by atoms with van der Waals surface area (Å²) in [4.78, 5) is 12.7. The first-order valence-electron chi connectivity index (χ1n) is 6.32. The van der Waals surface area contributed by atoms with Crippen LogP contribution in [0.1, 0.15) is 17.5 Å². The number of nitrogens with two attached hydrogens (primary N) is 1. The molecule has 0 bridgehead atoms. The maximum atomic E-state index is 10.6. The van der Waals surface area contributed by atoms with Crippen molar-refractivity contribution in [2.45, 2.75) is 25.8 Å². The van der Waals surface area contributed by atoms with Crippen molar-refractivity contribution in [1.29, 1.82) is 0 Å². The van der Waals surface area contributed by atoms with Gasteiger partial charge in [-0.15, -0.1) is 0 Å². The lowest BCUT2D eigenvalue weighted by Crippen LogP contribution is -2.34. The highest BCUT2D eigenvalue weighted by molar-refractivity contribution is 9.10. The van der Waals surface area contributed by atoms with E-state index in [9.17, 15) is 4.79 Å². The van der Waals surface area contributed by atoms with Crippen LogP contribution >= 0.6 is 15.9 Å². The predicted molar refractivity (Wildman–Crippen MR) is 80.3 cm³/mol. The Morgan fingerprint density at radius 3 is 2.79 bits per heavy atom. The molecular formula is C14H21BrN2O2. The fraction of sp³-hybridized carbons (Fsp3) is 0.500. The van der Waals surface area contributed by atoms with Gasteiger partial charge >= 0.3 is 5.97 Å². The summed E-state index contributed by atoms with van der Waals surface area (Å²) in [5, 5.41) is 8.72. The van der Waals surface area contributed by atoms with Crippen molar-refractivity contribution >= 4 is 21.9 Å². The summed E-state index contributed by atoms with van der Waals surface area (Å²) in [6.45, 7) is 3.69. The molecule has 0 heterocycles. The minimum atomic E-state index is -0.934. The topological polar surface area (TPSA) is 66.6 Å². The number of nitrogens with zero attached hydrogens (tertiary/aromatic N) is 1. The number of carbonyl (C=O) groups is 1. The summed E-state index contributed by atoms with van der Waals surface area (Å²) in [5.74, 6) is -0.934. The SMILES string of the molecule is Cc1ccc(Br)cc1CCN(C)CCC(N)C(=O)O. The molecule has 0 aliphatic heterocycles. The van der Waals surface area contributed by atoms with Crippen LogP contribution in [-0.4, -0.2) is 42.2 Å². The molecule has 1 rings (SSSR count). The van der Waals surface area contributed by atoms with Crippen molar-refractivity contribution in [3.05, 3.63) is 33.8 Å². The smallest absolute Gasteiger partial charge is 0.320 e. The van der Waals surface area contributed by atoms with Crippen LogP contribution in [-0.2, 0) is 11.2 Å². The molecule has 0 fully saturated rings. The van der Waals surface area contributed by atoms with E-state index in [1.807, 2.05) is 13.1 Å². The van der Waals surface area contributed by atoms with Gasteiger partial charge in [0.25, 0.3) is 0 Å². The molecule has 4 nitrogen and oxygen atoms in total. The lowest BCUT2D eigenvalue weighted by Gasteiger charge is -2.18. The van der Waals surface area contributed by atoms with Crippen LogP contribution in [0.15, 0.2) is 22.7 Å². The fourth-order valence-electron chi connectivity index (χ4n) is 1.82. The van der Waals surface area contributed by atoms with E-state index in [-0.39, 0.29) is 0 Å². The van der Waals surface area contributed by atoms with E-state index in [0.29, 0.717) is 13.0 Å². The Bertz CT molecular complexity index is 437. The van der Waals surface area contributed by atoms with Crippen molar-refractivity contribution in [3.63, 3.8) is 0 Å². The Kier molecular flexibility index (Phi) is 6.48. The molecular weight excluding hydrogens is 308 g/mol. The molecule has 1 aromatic rings. The monoisotopic (exact) mass is 328 g/mol. The third-order valence-electron chi connectivity index (χ3n) is 3.21. The molecule has 0 saturated heterocycles. The zero-order valence-electron chi connectivity index (χ0n) is 11.4. The second kappa shape index (κ2) is 7.62. The largest absolute Gasteiger partial charge is 0.480 e. The number of benzene rings is 1. The van der Waals surface area contributed by atoms with E-state index in [1.165, 1.54) is 11.1 Å². The quantitative estimate of drug-likeness (QED) is 0.803. The maximum Gasteiger partial charge on any atom is 0.320 e. The summed E-state index contributed by atoms with van der Waals surface area (Å²) in [7, 11) is 1.99. The Balaban J connectivity index is 2.39. The molecule has 0 spiro atoms. The van der Waals surface area contributed by atoms with Gasteiger partial charge in [-0.25, -0.2) is 0 Å².